The van der Waals surface area contributed by atoms with Crippen LogP contribution in [0.2, 0.25) is 0 Å². The summed E-state index contributed by atoms with van der Waals surface area (Å²) < 4.78 is 13.1. The highest BCUT2D eigenvalue weighted by molar-refractivity contribution is 6.10. The van der Waals surface area contributed by atoms with Crippen LogP contribution in [-0.4, -0.2) is 32.1 Å². The molecular formula is C22H18FN5O2. The Morgan fingerprint density at radius 3 is 2.77 bits per heavy atom. The molecule has 0 saturated heterocycles. The summed E-state index contributed by atoms with van der Waals surface area (Å²) in [5.41, 5.74) is 2.48. The molecule has 30 heavy (non-hydrogen) atoms. The van der Waals surface area contributed by atoms with Crippen LogP contribution in [-0.2, 0) is 6.67 Å². The zero-order chi connectivity index (χ0) is 20.7. The molecule has 4 aromatic rings. The molecule has 2 aromatic carbocycles. The molecule has 2 heterocycles. The summed E-state index contributed by atoms with van der Waals surface area (Å²) in [7, 11) is 0. The largest absolute Gasteiger partial charge is 0.478 e. The number of carboxylic acid groups (broad SMARTS) is 1. The zero-order valence-corrected chi connectivity index (χ0v) is 15.9. The molecular weight excluding hydrogens is 385 g/mol. The summed E-state index contributed by atoms with van der Waals surface area (Å²) in [5.74, 6) is -0.0460. The van der Waals surface area contributed by atoms with Gasteiger partial charge in [-0.1, -0.05) is 18.2 Å². The molecule has 1 aliphatic carbocycles. The van der Waals surface area contributed by atoms with Crippen molar-refractivity contribution >= 4 is 45.2 Å². The lowest BCUT2D eigenvalue weighted by Gasteiger charge is -2.13. The maximum absolute atomic E-state index is 13.1. The topological polar surface area (TPSA) is 100 Å². The van der Waals surface area contributed by atoms with E-state index in [-0.39, 0.29) is 5.56 Å². The highest BCUT2D eigenvalue weighted by atomic mass is 19.1. The van der Waals surface area contributed by atoms with Gasteiger partial charge in [0, 0.05) is 28.7 Å². The van der Waals surface area contributed by atoms with Gasteiger partial charge in [-0.25, -0.2) is 24.1 Å². The molecule has 0 spiro atoms. The number of pyridine rings is 1. The van der Waals surface area contributed by atoms with Gasteiger partial charge in [-0.15, -0.1) is 0 Å². The molecule has 1 saturated carbocycles. The second kappa shape index (κ2) is 7.22. The molecule has 0 bridgehead atoms. The number of aromatic nitrogens is 3. The highest BCUT2D eigenvalue weighted by Crippen LogP contribution is 2.32. The van der Waals surface area contributed by atoms with Crippen LogP contribution in [0.3, 0.4) is 0 Å². The fourth-order valence-corrected chi connectivity index (χ4v) is 3.35. The zero-order valence-electron chi connectivity index (χ0n) is 15.9. The number of carboxylic acids is 1. The van der Waals surface area contributed by atoms with Gasteiger partial charge >= 0.3 is 5.97 Å². The molecule has 0 atom stereocenters. The highest BCUT2D eigenvalue weighted by Gasteiger charge is 2.22. The number of fused-ring (bicyclic) bond motifs is 3. The molecule has 0 radical (unpaired) electrons. The lowest BCUT2D eigenvalue weighted by Crippen LogP contribution is -2.07. The van der Waals surface area contributed by atoms with Crippen LogP contribution in [0.5, 0.6) is 0 Å². The number of carbonyl (C=O) groups is 1. The van der Waals surface area contributed by atoms with E-state index in [2.05, 4.69) is 25.6 Å². The number of benzene rings is 2. The van der Waals surface area contributed by atoms with Crippen molar-refractivity contribution < 1.29 is 14.3 Å². The smallest absolute Gasteiger partial charge is 0.335 e. The molecule has 1 aliphatic rings. The normalized spacial score (nSPS) is 13.5. The van der Waals surface area contributed by atoms with E-state index >= 15 is 0 Å². The Bertz CT molecular complexity index is 1290. The fraction of sp³-hybridized carbons (Fsp3) is 0.182. The SMILES string of the molecule is O=C(O)c1ccc2c(c1)nc(Nc1cccc(CF)c1)c1nc(NC3CC3)ncc12. The predicted molar refractivity (Wildman–Crippen MR) is 113 cm³/mol. The average molecular weight is 403 g/mol. The van der Waals surface area contributed by atoms with Crippen LogP contribution in [0, 0.1) is 0 Å². The standard InChI is InChI=1S/C22H18FN5O2/c23-10-12-2-1-3-15(8-12)25-20-19-17(11-24-22(28-19)26-14-5-6-14)16-7-4-13(21(29)30)9-18(16)27-20/h1-4,7-9,11,14H,5-6,10H2,(H,25,27)(H,29,30)(H,24,26,28). The first-order valence-corrected chi connectivity index (χ1v) is 9.63. The van der Waals surface area contributed by atoms with E-state index in [0.29, 0.717) is 40.1 Å². The van der Waals surface area contributed by atoms with Crippen LogP contribution in [0.25, 0.3) is 21.8 Å². The van der Waals surface area contributed by atoms with Crippen molar-refractivity contribution in [2.24, 2.45) is 0 Å². The van der Waals surface area contributed by atoms with Crippen LogP contribution in [0.15, 0.2) is 48.7 Å². The Balaban J connectivity index is 1.69. The molecule has 2 aromatic heterocycles. The van der Waals surface area contributed by atoms with E-state index < -0.39 is 12.6 Å². The van der Waals surface area contributed by atoms with Gasteiger partial charge in [-0.3, -0.25) is 0 Å². The van der Waals surface area contributed by atoms with Gasteiger partial charge in [-0.2, -0.15) is 0 Å². The van der Waals surface area contributed by atoms with E-state index in [1.807, 2.05) is 6.07 Å². The summed E-state index contributed by atoms with van der Waals surface area (Å²) in [6, 6.07) is 12.2. The summed E-state index contributed by atoms with van der Waals surface area (Å²) in [4.78, 5) is 25.1. The number of rotatable bonds is 6. The first-order valence-electron chi connectivity index (χ1n) is 9.63. The van der Waals surface area contributed by atoms with Crippen LogP contribution in [0.4, 0.5) is 21.8 Å². The average Bonchev–Trinajstić information content (AvgIpc) is 3.57. The van der Waals surface area contributed by atoms with Gasteiger partial charge in [-0.05, 0) is 42.7 Å². The van der Waals surface area contributed by atoms with Crippen LogP contribution < -0.4 is 10.6 Å². The molecule has 0 unspecified atom stereocenters. The number of aromatic carboxylic acids is 1. The number of alkyl halides is 1. The minimum Gasteiger partial charge on any atom is -0.478 e. The van der Waals surface area contributed by atoms with E-state index in [4.69, 9.17) is 0 Å². The monoisotopic (exact) mass is 403 g/mol. The summed E-state index contributed by atoms with van der Waals surface area (Å²) in [6.45, 7) is -0.568. The first kappa shape index (κ1) is 18.2. The third-order valence-corrected chi connectivity index (χ3v) is 5.03. The van der Waals surface area contributed by atoms with Crippen molar-refractivity contribution in [1.82, 2.24) is 15.0 Å². The predicted octanol–water partition coefficient (Wildman–Crippen LogP) is 4.66. The van der Waals surface area contributed by atoms with Crippen LogP contribution in [0.1, 0.15) is 28.8 Å². The number of nitrogens with one attached hydrogen (secondary N) is 2. The van der Waals surface area contributed by atoms with Crippen molar-refractivity contribution in [2.75, 3.05) is 10.6 Å². The second-order valence-electron chi connectivity index (χ2n) is 7.33. The Kier molecular flexibility index (Phi) is 4.39. The summed E-state index contributed by atoms with van der Waals surface area (Å²) in [5, 5.41) is 17.3. The van der Waals surface area contributed by atoms with Gasteiger partial charge in [0.2, 0.25) is 5.95 Å². The van der Waals surface area contributed by atoms with Gasteiger partial charge in [0.1, 0.15) is 12.2 Å². The van der Waals surface area contributed by atoms with Crippen molar-refractivity contribution in [3.05, 3.63) is 59.8 Å². The Labute approximate surface area is 171 Å². The third-order valence-electron chi connectivity index (χ3n) is 5.03. The number of nitrogens with zero attached hydrogens (tertiary/aromatic N) is 3. The third kappa shape index (κ3) is 3.47. The molecule has 5 rings (SSSR count). The number of anilines is 3. The van der Waals surface area contributed by atoms with Gasteiger partial charge < -0.3 is 15.7 Å². The lowest BCUT2D eigenvalue weighted by atomic mass is 10.1. The van der Waals surface area contributed by atoms with E-state index in [1.165, 1.54) is 6.07 Å². The Morgan fingerprint density at radius 1 is 1.13 bits per heavy atom. The van der Waals surface area contributed by atoms with Crippen molar-refractivity contribution in [1.29, 1.82) is 0 Å². The van der Waals surface area contributed by atoms with Gasteiger partial charge in [0.05, 0.1) is 11.1 Å². The number of hydrogen-bond acceptors (Lipinski definition) is 6. The second-order valence-corrected chi connectivity index (χ2v) is 7.33. The lowest BCUT2D eigenvalue weighted by molar-refractivity contribution is 0.0697. The maximum atomic E-state index is 13.1. The molecule has 7 nitrogen and oxygen atoms in total. The van der Waals surface area contributed by atoms with Gasteiger partial charge in [0.25, 0.3) is 0 Å². The van der Waals surface area contributed by atoms with E-state index in [1.54, 1.807) is 36.5 Å². The molecule has 0 amide bonds. The molecule has 8 heteroatoms. The molecule has 1 fully saturated rings. The molecule has 3 N–H and O–H groups in total. The molecule has 0 aliphatic heterocycles. The first-order chi connectivity index (χ1) is 14.6. The minimum atomic E-state index is -1.02. The Morgan fingerprint density at radius 2 is 2.00 bits per heavy atom. The quantitative estimate of drug-likeness (QED) is 0.403. The van der Waals surface area contributed by atoms with Crippen molar-refractivity contribution in [3.8, 4) is 0 Å². The maximum Gasteiger partial charge on any atom is 0.335 e. The minimum absolute atomic E-state index is 0.146. The van der Waals surface area contributed by atoms with Crippen LogP contribution >= 0.6 is 0 Å². The summed E-state index contributed by atoms with van der Waals surface area (Å²) >= 11 is 0. The van der Waals surface area contributed by atoms with Gasteiger partial charge in [0.15, 0.2) is 5.82 Å². The fourth-order valence-electron chi connectivity index (χ4n) is 3.35. The van der Waals surface area contributed by atoms with E-state index in [0.717, 1.165) is 23.6 Å². The summed E-state index contributed by atoms with van der Waals surface area (Å²) in [6.07, 6.45) is 3.91. The van der Waals surface area contributed by atoms with Crippen molar-refractivity contribution in [2.45, 2.75) is 25.6 Å². The Hall–Kier alpha value is -3.81. The van der Waals surface area contributed by atoms with E-state index in [9.17, 15) is 14.3 Å². The molecule has 150 valence electrons. The number of hydrogen-bond donors (Lipinski definition) is 3. The number of halogens is 1. The van der Waals surface area contributed by atoms with Crippen molar-refractivity contribution in [3.63, 3.8) is 0 Å².